The summed E-state index contributed by atoms with van der Waals surface area (Å²) in [6, 6.07) is 11.4. The molecular weight excluding hydrogens is 396 g/mol. The van der Waals surface area contributed by atoms with Crippen molar-refractivity contribution in [3.05, 3.63) is 69.9 Å². The molecule has 2 amide bonds. The van der Waals surface area contributed by atoms with Crippen LogP contribution in [-0.4, -0.2) is 26.2 Å². The number of rotatable bonds is 6. The molecule has 0 aromatic heterocycles. The molecule has 2 aromatic carbocycles. The number of benzene rings is 2. The Labute approximate surface area is 173 Å². The second-order valence-electron chi connectivity index (χ2n) is 6.36. The third-order valence-corrected chi connectivity index (χ3v) is 4.76. The van der Waals surface area contributed by atoms with E-state index < -0.39 is 18.0 Å². The molecule has 8 heteroatoms. The van der Waals surface area contributed by atoms with E-state index >= 15 is 0 Å². The minimum Gasteiger partial charge on any atom is -0.493 e. The van der Waals surface area contributed by atoms with Crippen LogP contribution in [0.1, 0.15) is 24.1 Å². The van der Waals surface area contributed by atoms with E-state index in [1.165, 1.54) is 14.2 Å². The third kappa shape index (κ3) is 4.46. The van der Waals surface area contributed by atoms with E-state index in [-0.39, 0.29) is 12.2 Å². The van der Waals surface area contributed by atoms with E-state index in [0.717, 1.165) is 5.56 Å². The average molecular weight is 417 g/mol. The molecule has 152 valence electrons. The smallest absolute Gasteiger partial charge is 0.337 e. The quantitative estimate of drug-likeness (QED) is 0.701. The Morgan fingerprint density at radius 2 is 1.86 bits per heavy atom. The lowest BCUT2D eigenvalue weighted by atomic mass is 9.94. The van der Waals surface area contributed by atoms with Gasteiger partial charge in [0.2, 0.25) is 0 Å². The predicted molar refractivity (Wildman–Crippen MR) is 108 cm³/mol. The van der Waals surface area contributed by atoms with Crippen LogP contribution in [0.25, 0.3) is 0 Å². The van der Waals surface area contributed by atoms with Crippen molar-refractivity contribution in [3.8, 4) is 11.5 Å². The number of para-hydroxylation sites is 1. The molecule has 0 unspecified atom stereocenters. The van der Waals surface area contributed by atoms with Gasteiger partial charge in [-0.2, -0.15) is 0 Å². The van der Waals surface area contributed by atoms with E-state index in [2.05, 4.69) is 10.6 Å². The zero-order valence-corrected chi connectivity index (χ0v) is 17.0. The van der Waals surface area contributed by atoms with Gasteiger partial charge in [0.15, 0.2) is 11.5 Å². The van der Waals surface area contributed by atoms with Crippen LogP contribution in [0.15, 0.2) is 53.7 Å². The number of ether oxygens (including phenoxy) is 3. The lowest BCUT2D eigenvalue weighted by Gasteiger charge is -2.29. The average Bonchev–Trinajstić information content (AvgIpc) is 2.72. The molecular formula is C21H21ClN2O5. The van der Waals surface area contributed by atoms with Crippen LogP contribution < -0.4 is 20.1 Å². The highest BCUT2D eigenvalue weighted by Crippen LogP contribution is 2.39. The van der Waals surface area contributed by atoms with Crippen molar-refractivity contribution >= 4 is 23.6 Å². The van der Waals surface area contributed by atoms with Gasteiger partial charge in [-0.25, -0.2) is 9.59 Å². The Balaban J connectivity index is 2.01. The lowest BCUT2D eigenvalue weighted by molar-refractivity contribution is -0.136. The fraction of sp³-hybridized carbons (Fsp3) is 0.238. The molecule has 1 aliphatic heterocycles. The molecule has 7 nitrogen and oxygen atoms in total. The monoisotopic (exact) mass is 416 g/mol. The first-order valence-corrected chi connectivity index (χ1v) is 9.23. The predicted octanol–water partition coefficient (Wildman–Crippen LogP) is 3.73. The van der Waals surface area contributed by atoms with E-state index in [1.807, 2.05) is 12.1 Å². The van der Waals surface area contributed by atoms with Crippen LogP contribution in [-0.2, 0) is 16.1 Å². The Morgan fingerprint density at radius 3 is 2.52 bits per heavy atom. The Morgan fingerprint density at radius 1 is 1.14 bits per heavy atom. The number of halogens is 1. The van der Waals surface area contributed by atoms with Gasteiger partial charge in [0, 0.05) is 16.3 Å². The first kappa shape index (κ1) is 20.5. The number of carbonyl (C=O) groups is 2. The molecule has 0 spiro atoms. The van der Waals surface area contributed by atoms with Crippen molar-refractivity contribution < 1.29 is 23.8 Å². The van der Waals surface area contributed by atoms with Crippen LogP contribution >= 0.6 is 11.6 Å². The normalized spacial score (nSPS) is 16.0. The van der Waals surface area contributed by atoms with E-state index in [0.29, 0.717) is 27.8 Å². The minimum absolute atomic E-state index is 0.250. The van der Waals surface area contributed by atoms with Gasteiger partial charge in [0.05, 0.1) is 25.8 Å². The molecule has 0 saturated heterocycles. The van der Waals surface area contributed by atoms with Crippen LogP contribution in [0.2, 0.25) is 5.02 Å². The fourth-order valence-electron chi connectivity index (χ4n) is 3.12. The zero-order chi connectivity index (χ0) is 21.0. The Hall–Kier alpha value is -3.19. The number of amides is 2. The molecule has 1 aliphatic rings. The summed E-state index contributed by atoms with van der Waals surface area (Å²) >= 11 is 5.93. The second kappa shape index (κ2) is 8.87. The van der Waals surface area contributed by atoms with Crippen molar-refractivity contribution in [2.75, 3.05) is 14.2 Å². The maximum Gasteiger partial charge on any atom is 0.337 e. The van der Waals surface area contributed by atoms with Crippen molar-refractivity contribution in [2.45, 2.75) is 19.6 Å². The number of esters is 1. The van der Waals surface area contributed by atoms with Gasteiger partial charge in [-0.15, -0.1) is 0 Å². The van der Waals surface area contributed by atoms with Crippen LogP contribution in [0, 0.1) is 0 Å². The highest BCUT2D eigenvalue weighted by molar-refractivity contribution is 6.30. The summed E-state index contributed by atoms with van der Waals surface area (Å²) in [4.78, 5) is 24.5. The second-order valence-corrected chi connectivity index (χ2v) is 6.79. The molecule has 3 rings (SSSR count). The fourth-order valence-corrected chi connectivity index (χ4v) is 3.25. The molecule has 2 N–H and O–H groups in total. The summed E-state index contributed by atoms with van der Waals surface area (Å²) in [5.74, 6) is 0.351. The van der Waals surface area contributed by atoms with E-state index in [4.69, 9.17) is 25.8 Å². The van der Waals surface area contributed by atoms with Gasteiger partial charge in [0.25, 0.3) is 0 Å². The number of hydrogen-bond acceptors (Lipinski definition) is 5. The molecule has 0 saturated carbocycles. The number of nitrogens with one attached hydrogen (secondary N) is 2. The maximum atomic E-state index is 12.4. The van der Waals surface area contributed by atoms with Crippen molar-refractivity contribution in [3.63, 3.8) is 0 Å². The van der Waals surface area contributed by atoms with E-state index in [9.17, 15) is 9.59 Å². The van der Waals surface area contributed by atoms with Crippen molar-refractivity contribution in [1.29, 1.82) is 0 Å². The summed E-state index contributed by atoms with van der Waals surface area (Å²) in [5.41, 5.74) is 2.18. The molecule has 0 fully saturated rings. The standard InChI is InChI=1S/C21H21ClN2O5/c1-12-17(20(25)28-3)18(24-21(26)23-12)15-5-4-6-16(27-2)19(15)29-11-13-7-9-14(22)10-8-13/h4-10,18H,11H2,1-3H3,(H2,23,24,26)/t18-/m1/s1. The summed E-state index contributed by atoms with van der Waals surface area (Å²) in [5, 5.41) is 6.00. The van der Waals surface area contributed by atoms with Gasteiger partial charge >= 0.3 is 12.0 Å². The minimum atomic E-state index is -0.758. The SMILES string of the molecule is COC(=O)C1=C(C)NC(=O)N[C@@H]1c1cccc(OC)c1OCc1ccc(Cl)cc1. The molecule has 0 bridgehead atoms. The first-order valence-electron chi connectivity index (χ1n) is 8.85. The third-order valence-electron chi connectivity index (χ3n) is 4.51. The zero-order valence-electron chi connectivity index (χ0n) is 16.2. The first-order chi connectivity index (χ1) is 13.9. The molecule has 1 heterocycles. The maximum absolute atomic E-state index is 12.4. The molecule has 0 aliphatic carbocycles. The summed E-state index contributed by atoms with van der Waals surface area (Å²) in [7, 11) is 2.82. The number of methoxy groups -OCH3 is 2. The van der Waals surface area contributed by atoms with Gasteiger partial charge < -0.3 is 24.8 Å². The molecule has 29 heavy (non-hydrogen) atoms. The van der Waals surface area contributed by atoms with E-state index in [1.54, 1.807) is 37.3 Å². The van der Waals surface area contributed by atoms with Crippen LogP contribution in [0.5, 0.6) is 11.5 Å². The number of allylic oxidation sites excluding steroid dienone is 1. The highest BCUT2D eigenvalue weighted by atomic mass is 35.5. The molecule has 0 radical (unpaired) electrons. The van der Waals surface area contributed by atoms with Gasteiger partial charge in [-0.3, -0.25) is 0 Å². The van der Waals surface area contributed by atoms with Crippen LogP contribution in [0.4, 0.5) is 4.79 Å². The van der Waals surface area contributed by atoms with Gasteiger partial charge in [-0.05, 0) is 30.7 Å². The van der Waals surface area contributed by atoms with Gasteiger partial charge in [-0.1, -0.05) is 35.9 Å². The number of hydrogen-bond donors (Lipinski definition) is 2. The molecule has 2 aromatic rings. The summed E-state index contributed by atoms with van der Waals surface area (Å²) in [6.07, 6.45) is 0. The Kier molecular flexibility index (Phi) is 6.29. The van der Waals surface area contributed by atoms with Crippen LogP contribution in [0.3, 0.4) is 0 Å². The van der Waals surface area contributed by atoms with Crippen molar-refractivity contribution in [2.24, 2.45) is 0 Å². The largest absolute Gasteiger partial charge is 0.493 e. The van der Waals surface area contributed by atoms with Crippen molar-refractivity contribution in [1.82, 2.24) is 10.6 Å². The lowest BCUT2D eigenvalue weighted by Crippen LogP contribution is -2.45. The topological polar surface area (TPSA) is 85.9 Å². The highest BCUT2D eigenvalue weighted by Gasteiger charge is 2.34. The molecule has 1 atom stereocenters. The number of urea groups is 1. The van der Waals surface area contributed by atoms with Gasteiger partial charge in [0.1, 0.15) is 6.61 Å². The number of carbonyl (C=O) groups excluding carboxylic acids is 2. The Bertz CT molecular complexity index is 956. The summed E-state index contributed by atoms with van der Waals surface area (Å²) in [6.45, 7) is 1.89. The summed E-state index contributed by atoms with van der Waals surface area (Å²) < 4.78 is 16.4.